The summed E-state index contributed by atoms with van der Waals surface area (Å²) >= 11 is 10.7. The third-order valence-corrected chi connectivity index (χ3v) is 4.07. The van der Waals surface area contributed by atoms with Crippen LogP contribution in [0, 0.1) is 6.92 Å². The number of aromatic carboxylic acids is 1. The van der Waals surface area contributed by atoms with Crippen LogP contribution in [-0.2, 0) is 0 Å². The van der Waals surface area contributed by atoms with Gasteiger partial charge in [0, 0.05) is 9.50 Å². The van der Waals surface area contributed by atoms with Crippen molar-refractivity contribution >= 4 is 55.5 Å². The van der Waals surface area contributed by atoms with Gasteiger partial charge in [0.15, 0.2) is 5.69 Å². The van der Waals surface area contributed by atoms with Gasteiger partial charge in [-0.2, -0.15) is 0 Å². The maximum absolute atomic E-state index is 10.9. The number of hydrogen-bond acceptors (Lipinski definition) is 4. The summed E-state index contributed by atoms with van der Waals surface area (Å²) in [6.07, 6.45) is 0. The first-order valence-corrected chi connectivity index (χ1v) is 6.93. The first-order valence-electron chi connectivity index (χ1n) is 4.88. The monoisotopic (exact) mass is 346 g/mol. The van der Waals surface area contributed by atoms with Crippen molar-refractivity contribution in [1.82, 2.24) is 4.98 Å². The van der Waals surface area contributed by atoms with Gasteiger partial charge in [-0.3, -0.25) is 0 Å². The zero-order valence-electron chi connectivity index (χ0n) is 9.20. The van der Waals surface area contributed by atoms with E-state index in [0.29, 0.717) is 15.7 Å². The zero-order valence-corrected chi connectivity index (χ0v) is 12.4. The highest BCUT2D eigenvalue weighted by atomic mass is 79.9. The molecule has 0 aliphatic rings. The van der Waals surface area contributed by atoms with Crippen molar-refractivity contribution in [1.29, 1.82) is 0 Å². The SMILES string of the molecule is Cc1cc(Br)c(Nc2scnc2C(=O)O)cc1Cl. The van der Waals surface area contributed by atoms with Crippen molar-refractivity contribution in [3.8, 4) is 0 Å². The smallest absolute Gasteiger partial charge is 0.357 e. The maximum Gasteiger partial charge on any atom is 0.357 e. The molecule has 1 heterocycles. The van der Waals surface area contributed by atoms with Crippen LogP contribution in [0.2, 0.25) is 5.02 Å². The van der Waals surface area contributed by atoms with E-state index in [9.17, 15) is 4.79 Å². The van der Waals surface area contributed by atoms with E-state index in [-0.39, 0.29) is 5.69 Å². The molecule has 0 radical (unpaired) electrons. The first kappa shape index (κ1) is 13.3. The molecule has 0 saturated carbocycles. The standard InChI is InChI=1S/C11H8BrClN2O2S/c1-5-2-6(12)8(3-7(5)13)15-10-9(11(16)17)14-4-18-10/h2-4,15H,1H3,(H,16,17). The molecule has 0 amide bonds. The number of rotatable bonds is 3. The lowest BCUT2D eigenvalue weighted by Gasteiger charge is -2.09. The van der Waals surface area contributed by atoms with Crippen molar-refractivity contribution in [2.75, 3.05) is 5.32 Å². The Morgan fingerprint density at radius 3 is 2.94 bits per heavy atom. The van der Waals surface area contributed by atoms with Crippen molar-refractivity contribution in [2.45, 2.75) is 6.92 Å². The second-order valence-corrected chi connectivity index (χ2v) is 5.66. The number of thiazole rings is 1. The summed E-state index contributed by atoms with van der Waals surface area (Å²) in [6, 6.07) is 3.61. The van der Waals surface area contributed by atoms with Crippen molar-refractivity contribution in [3.05, 3.63) is 38.4 Å². The number of aryl methyl sites for hydroxylation is 1. The minimum absolute atomic E-state index is 0.00333. The number of hydrogen-bond donors (Lipinski definition) is 2. The molecular formula is C11H8BrClN2O2S. The highest BCUT2D eigenvalue weighted by molar-refractivity contribution is 9.10. The molecule has 0 saturated heterocycles. The normalized spacial score (nSPS) is 10.4. The van der Waals surface area contributed by atoms with Gasteiger partial charge in [0.2, 0.25) is 0 Å². The summed E-state index contributed by atoms with van der Waals surface area (Å²) in [5.41, 5.74) is 3.13. The summed E-state index contributed by atoms with van der Waals surface area (Å²) in [6.45, 7) is 1.90. The minimum atomic E-state index is -1.06. The van der Waals surface area contributed by atoms with Gasteiger partial charge in [-0.15, -0.1) is 11.3 Å². The van der Waals surface area contributed by atoms with Crippen molar-refractivity contribution in [2.24, 2.45) is 0 Å². The molecule has 2 N–H and O–H groups in total. The largest absolute Gasteiger partial charge is 0.476 e. The molecule has 0 atom stereocenters. The molecule has 4 nitrogen and oxygen atoms in total. The second-order valence-electron chi connectivity index (χ2n) is 3.54. The number of nitrogens with one attached hydrogen (secondary N) is 1. The highest BCUT2D eigenvalue weighted by Gasteiger charge is 2.15. The van der Waals surface area contributed by atoms with Crippen molar-refractivity contribution < 1.29 is 9.90 Å². The predicted molar refractivity (Wildman–Crippen MR) is 76.2 cm³/mol. The fourth-order valence-corrected chi connectivity index (χ4v) is 2.76. The van der Waals surface area contributed by atoms with E-state index in [1.165, 1.54) is 16.8 Å². The Morgan fingerprint density at radius 1 is 1.56 bits per heavy atom. The zero-order chi connectivity index (χ0) is 13.3. The summed E-state index contributed by atoms with van der Waals surface area (Å²) in [5, 5.41) is 13.1. The Balaban J connectivity index is 2.37. The van der Waals surface area contributed by atoms with Crippen LogP contribution in [0.4, 0.5) is 10.7 Å². The van der Waals surface area contributed by atoms with E-state index in [4.69, 9.17) is 16.7 Å². The molecule has 0 aliphatic heterocycles. The van der Waals surface area contributed by atoms with E-state index >= 15 is 0 Å². The number of aromatic nitrogens is 1. The Labute approximate surface area is 121 Å². The highest BCUT2D eigenvalue weighted by Crippen LogP contribution is 2.33. The Hall–Kier alpha value is -1.11. The third kappa shape index (κ3) is 2.66. The number of benzene rings is 1. The van der Waals surface area contributed by atoms with Gasteiger partial charge in [0.25, 0.3) is 0 Å². The molecule has 2 aromatic rings. The Kier molecular flexibility index (Phi) is 3.89. The average molecular weight is 348 g/mol. The molecule has 1 aromatic heterocycles. The average Bonchev–Trinajstić information content (AvgIpc) is 2.74. The lowest BCUT2D eigenvalue weighted by atomic mass is 10.2. The van der Waals surface area contributed by atoms with E-state index in [1.807, 2.05) is 13.0 Å². The third-order valence-electron chi connectivity index (χ3n) is 2.27. The van der Waals surface area contributed by atoms with Crippen LogP contribution in [0.1, 0.15) is 16.1 Å². The molecule has 0 spiro atoms. The second kappa shape index (κ2) is 5.26. The van der Waals surface area contributed by atoms with Gasteiger partial charge in [0.05, 0.1) is 11.2 Å². The van der Waals surface area contributed by atoms with Crippen LogP contribution in [0.15, 0.2) is 22.1 Å². The van der Waals surface area contributed by atoms with Crippen LogP contribution in [0.3, 0.4) is 0 Å². The van der Waals surface area contributed by atoms with Crippen LogP contribution in [0.25, 0.3) is 0 Å². The minimum Gasteiger partial charge on any atom is -0.476 e. The summed E-state index contributed by atoms with van der Waals surface area (Å²) in [4.78, 5) is 14.7. The quantitative estimate of drug-likeness (QED) is 0.868. The Morgan fingerprint density at radius 2 is 2.28 bits per heavy atom. The van der Waals surface area contributed by atoms with Crippen LogP contribution in [-0.4, -0.2) is 16.1 Å². The lowest BCUT2D eigenvalue weighted by Crippen LogP contribution is -2.01. The van der Waals surface area contributed by atoms with E-state index in [2.05, 4.69) is 26.2 Å². The molecule has 2 rings (SSSR count). The number of carboxylic acids is 1. The van der Waals surface area contributed by atoms with Gasteiger partial charge in [-0.25, -0.2) is 9.78 Å². The number of nitrogens with zero attached hydrogens (tertiary/aromatic N) is 1. The first-order chi connectivity index (χ1) is 8.49. The molecule has 0 bridgehead atoms. The van der Waals surface area contributed by atoms with E-state index in [1.54, 1.807) is 6.07 Å². The summed E-state index contributed by atoms with van der Waals surface area (Å²) in [7, 11) is 0. The van der Waals surface area contributed by atoms with Gasteiger partial charge in [0.1, 0.15) is 5.00 Å². The van der Waals surface area contributed by atoms with Crippen LogP contribution < -0.4 is 5.32 Å². The van der Waals surface area contributed by atoms with Crippen LogP contribution >= 0.6 is 38.9 Å². The summed E-state index contributed by atoms with van der Waals surface area (Å²) in [5.74, 6) is -1.06. The molecular weight excluding hydrogens is 340 g/mol. The topological polar surface area (TPSA) is 62.2 Å². The molecule has 0 fully saturated rings. The maximum atomic E-state index is 10.9. The lowest BCUT2D eigenvalue weighted by molar-refractivity contribution is 0.0692. The number of halogens is 2. The fraction of sp³-hybridized carbons (Fsp3) is 0.0909. The van der Waals surface area contributed by atoms with Gasteiger partial charge < -0.3 is 10.4 Å². The van der Waals surface area contributed by atoms with Gasteiger partial charge in [-0.05, 0) is 40.5 Å². The van der Waals surface area contributed by atoms with E-state index < -0.39 is 5.97 Å². The van der Waals surface area contributed by atoms with Crippen molar-refractivity contribution in [3.63, 3.8) is 0 Å². The molecule has 0 aliphatic carbocycles. The van der Waals surface area contributed by atoms with E-state index in [0.717, 1.165) is 10.0 Å². The Bertz CT molecular complexity index is 615. The molecule has 18 heavy (non-hydrogen) atoms. The predicted octanol–water partition coefficient (Wildman–Crippen LogP) is 4.31. The molecule has 0 unspecified atom stereocenters. The van der Waals surface area contributed by atoms with Gasteiger partial charge in [-0.1, -0.05) is 11.6 Å². The number of carbonyl (C=O) groups is 1. The number of anilines is 2. The number of carboxylic acid groups (broad SMARTS) is 1. The summed E-state index contributed by atoms with van der Waals surface area (Å²) < 4.78 is 0.814. The fourth-order valence-electron chi connectivity index (χ4n) is 1.35. The van der Waals surface area contributed by atoms with Gasteiger partial charge >= 0.3 is 5.97 Å². The molecule has 94 valence electrons. The molecule has 1 aromatic carbocycles. The van der Waals surface area contributed by atoms with Crippen LogP contribution in [0.5, 0.6) is 0 Å². The molecule has 7 heteroatoms.